The second-order valence-electron chi connectivity index (χ2n) is 7.58. The molecule has 0 unspecified atom stereocenters. The summed E-state index contributed by atoms with van der Waals surface area (Å²) in [5.41, 5.74) is -0.963. The van der Waals surface area contributed by atoms with Crippen molar-refractivity contribution >= 4 is 6.03 Å². The molecular formula is C18H22F5N3O2. The number of carbonyl (C=O) groups excluding carboxylic acids is 1. The lowest BCUT2D eigenvalue weighted by Crippen LogP contribution is -2.38. The average Bonchev–Trinajstić information content (AvgIpc) is 3.38. The summed E-state index contributed by atoms with van der Waals surface area (Å²) in [5.74, 6) is -2.52. The minimum Gasteiger partial charge on any atom is -0.477 e. The monoisotopic (exact) mass is 407 g/mol. The van der Waals surface area contributed by atoms with Crippen LogP contribution < -0.4 is 15.4 Å². The van der Waals surface area contributed by atoms with Crippen molar-refractivity contribution in [1.82, 2.24) is 15.6 Å². The molecule has 0 radical (unpaired) electrons. The van der Waals surface area contributed by atoms with Crippen LogP contribution in [0.3, 0.4) is 0 Å². The lowest BCUT2D eigenvalue weighted by atomic mass is 9.82. The lowest BCUT2D eigenvalue weighted by molar-refractivity contribution is -0.188. The predicted molar refractivity (Wildman–Crippen MR) is 90.0 cm³/mol. The van der Waals surface area contributed by atoms with Gasteiger partial charge >= 0.3 is 12.2 Å². The van der Waals surface area contributed by atoms with Crippen molar-refractivity contribution < 1.29 is 31.5 Å². The molecule has 1 heterocycles. The summed E-state index contributed by atoms with van der Waals surface area (Å²) in [7, 11) is 0. The van der Waals surface area contributed by atoms with Gasteiger partial charge in [0.2, 0.25) is 11.8 Å². The van der Waals surface area contributed by atoms with Gasteiger partial charge in [-0.15, -0.1) is 0 Å². The zero-order valence-corrected chi connectivity index (χ0v) is 15.1. The maximum atomic E-state index is 12.8. The molecule has 0 atom stereocenters. The number of pyridine rings is 1. The number of nitrogens with one attached hydrogen (secondary N) is 2. The van der Waals surface area contributed by atoms with Gasteiger partial charge in [0.15, 0.2) is 0 Å². The Hall–Kier alpha value is -2.13. The number of alkyl halides is 5. The SMILES string of the molecule is O=C(NCCC1(C(F)(F)F)CC1)NCc1ccnc(OCC2CC(F)(F)C2)c1. The zero-order valence-electron chi connectivity index (χ0n) is 15.1. The van der Waals surface area contributed by atoms with Gasteiger partial charge in [0.05, 0.1) is 12.0 Å². The second kappa shape index (κ2) is 7.71. The maximum Gasteiger partial charge on any atom is 0.394 e. The minimum absolute atomic E-state index is 0.0535. The van der Waals surface area contributed by atoms with E-state index in [1.165, 1.54) is 6.20 Å². The van der Waals surface area contributed by atoms with Crippen molar-refractivity contribution in [2.45, 2.75) is 50.7 Å². The van der Waals surface area contributed by atoms with Gasteiger partial charge in [-0.05, 0) is 30.9 Å². The number of halogens is 5. The standard InChI is InChI=1S/C18H22F5N3O2/c19-17(20)8-13(9-17)11-28-14-7-12(1-5-24-14)10-26-15(27)25-6-4-16(2-3-16)18(21,22)23/h1,5,7,13H,2-4,6,8-11H2,(H2,25,26,27). The summed E-state index contributed by atoms with van der Waals surface area (Å²) in [4.78, 5) is 15.8. The molecular weight excluding hydrogens is 385 g/mol. The first-order chi connectivity index (χ1) is 13.1. The summed E-state index contributed by atoms with van der Waals surface area (Å²) in [6, 6.07) is 2.67. The Bertz CT molecular complexity index is 699. The Kier molecular flexibility index (Phi) is 5.67. The van der Waals surface area contributed by atoms with Gasteiger partial charge in [-0.2, -0.15) is 13.2 Å². The van der Waals surface area contributed by atoms with Gasteiger partial charge in [0.1, 0.15) is 0 Å². The summed E-state index contributed by atoms with van der Waals surface area (Å²) >= 11 is 0. The molecule has 156 valence electrons. The van der Waals surface area contributed by atoms with Gasteiger partial charge in [-0.1, -0.05) is 0 Å². The molecule has 2 aliphatic carbocycles. The number of hydrogen-bond acceptors (Lipinski definition) is 3. The Balaban J connectivity index is 1.35. The molecule has 2 saturated carbocycles. The highest BCUT2D eigenvalue weighted by Gasteiger charge is 2.62. The molecule has 10 heteroatoms. The van der Waals surface area contributed by atoms with Gasteiger partial charge in [-0.25, -0.2) is 18.6 Å². The van der Waals surface area contributed by atoms with Crippen LogP contribution in [0, 0.1) is 11.3 Å². The van der Waals surface area contributed by atoms with Crippen molar-refractivity contribution in [3.63, 3.8) is 0 Å². The molecule has 1 aromatic heterocycles. The smallest absolute Gasteiger partial charge is 0.394 e. The topological polar surface area (TPSA) is 63.2 Å². The van der Waals surface area contributed by atoms with E-state index in [0.717, 1.165) is 0 Å². The number of amides is 2. The van der Waals surface area contributed by atoms with E-state index < -0.39 is 23.5 Å². The second-order valence-corrected chi connectivity index (χ2v) is 7.58. The fourth-order valence-corrected chi connectivity index (χ4v) is 3.23. The number of aromatic nitrogens is 1. The first-order valence-electron chi connectivity index (χ1n) is 9.13. The van der Waals surface area contributed by atoms with E-state index in [9.17, 15) is 26.7 Å². The number of carbonyl (C=O) groups is 1. The third-order valence-electron chi connectivity index (χ3n) is 5.24. The fourth-order valence-electron chi connectivity index (χ4n) is 3.23. The highest BCUT2D eigenvalue weighted by Crippen LogP contribution is 2.59. The molecule has 3 rings (SSSR count). The van der Waals surface area contributed by atoms with E-state index in [2.05, 4.69) is 15.6 Å². The maximum absolute atomic E-state index is 12.8. The van der Waals surface area contributed by atoms with Gasteiger partial charge in [-0.3, -0.25) is 0 Å². The third kappa shape index (κ3) is 5.23. The van der Waals surface area contributed by atoms with Crippen LogP contribution in [0.2, 0.25) is 0 Å². The van der Waals surface area contributed by atoms with Gasteiger partial charge < -0.3 is 15.4 Å². The molecule has 2 amide bonds. The van der Waals surface area contributed by atoms with E-state index in [1.54, 1.807) is 12.1 Å². The van der Waals surface area contributed by atoms with Crippen molar-refractivity contribution in [3.05, 3.63) is 23.9 Å². The molecule has 1 aromatic rings. The van der Waals surface area contributed by atoms with Crippen LogP contribution in [0.1, 0.15) is 37.7 Å². The molecule has 0 saturated heterocycles. The van der Waals surface area contributed by atoms with Crippen LogP contribution in [0.5, 0.6) is 5.88 Å². The molecule has 2 aliphatic rings. The van der Waals surface area contributed by atoms with Crippen LogP contribution in [0.4, 0.5) is 26.7 Å². The Morgan fingerprint density at radius 2 is 1.96 bits per heavy atom. The van der Waals surface area contributed by atoms with Gasteiger partial charge in [0, 0.05) is 44.1 Å². The van der Waals surface area contributed by atoms with E-state index >= 15 is 0 Å². The highest BCUT2D eigenvalue weighted by atomic mass is 19.4. The van der Waals surface area contributed by atoms with Crippen molar-refractivity contribution in [2.24, 2.45) is 11.3 Å². The number of ether oxygens (including phenoxy) is 1. The fraction of sp³-hybridized carbons (Fsp3) is 0.667. The lowest BCUT2D eigenvalue weighted by Gasteiger charge is -2.34. The van der Waals surface area contributed by atoms with Crippen LogP contribution in [0.25, 0.3) is 0 Å². The van der Waals surface area contributed by atoms with E-state index in [0.29, 0.717) is 5.56 Å². The van der Waals surface area contributed by atoms with E-state index in [4.69, 9.17) is 4.74 Å². The van der Waals surface area contributed by atoms with E-state index in [-0.39, 0.29) is 63.6 Å². The molecule has 0 aliphatic heterocycles. The summed E-state index contributed by atoms with van der Waals surface area (Å²) < 4.78 is 69.5. The number of rotatable bonds is 8. The largest absolute Gasteiger partial charge is 0.477 e. The van der Waals surface area contributed by atoms with Crippen LogP contribution >= 0.6 is 0 Å². The number of urea groups is 1. The average molecular weight is 407 g/mol. The predicted octanol–water partition coefficient (Wildman–Crippen LogP) is 4.04. The summed E-state index contributed by atoms with van der Waals surface area (Å²) in [6.45, 7) is 0.236. The summed E-state index contributed by atoms with van der Waals surface area (Å²) in [5, 5.41) is 4.99. The molecule has 0 bridgehead atoms. The Morgan fingerprint density at radius 1 is 1.25 bits per heavy atom. The Labute approximate surface area is 159 Å². The van der Waals surface area contributed by atoms with Crippen LogP contribution in [-0.2, 0) is 6.54 Å². The summed E-state index contributed by atoms with van der Waals surface area (Å²) in [6.07, 6.45) is -3.05. The molecule has 2 fully saturated rings. The number of nitrogens with zero attached hydrogens (tertiary/aromatic N) is 1. The quantitative estimate of drug-likeness (QED) is 0.640. The molecule has 0 aromatic carbocycles. The van der Waals surface area contributed by atoms with Crippen molar-refractivity contribution in [2.75, 3.05) is 13.2 Å². The third-order valence-corrected chi connectivity index (χ3v) is 5.24. The van der Waals surface area contributed by atoms with Crippen LogP contribution in [-0.4, -0.2) is 36.3 Å². The van der Waals surface area contributed by atoms with Crippen LogP contribution in [0.15, 0.2) is 18.3 Å². The number of hydrogen-bond donors (Lipinski definition) is 2. The van der Waals surface area contributed by atoms with E-state index in [1.807, 2.05) is 0 Å². The minimum atomic E-state index is -4.23. The molecule has 2 N–H and O–H groups in total. The molecule has 0 spiro atoms. The van der Waals surface area contributed by atoms with Crippen molar-refractivity contribution in [3.8, 4) is 5.88 Å². The molecule has 28 heavy (non-hydrogen) atoms. The highest BCUT2D eigenvalue weighted by molar-refractivity contribution is 5.73. The Morgan fingerprint density at radius 3 is 2.57 bits per heavy atom. The normalized spacial score (nSPS) is 20.2. The van der Waals surface area contributed by atoms with Gasteiger partial charge in [0.25, 0.3) is 0 Å². The molecule has 5 nitrogen and oxygen atoms in total. The first kappa shape index (κ1) is 20.6. The zero-order chi connectivity index (χ0) is 20.4. The van der Waals surface area contributed by atoms with Crippen molar-refractivity contribution in [1.29, 1.82) is 0 Å². The first-order valence-corrected chi connectivity index (χ1v) is 9.13.